The summed E-state index contributed by atoms with van der Waals surface area (Å²) < 4.78 is 0. The second-order valence-corrected chi connectivity index (χ2v) is 7.19. The minimum Gasteiger partial charge on any atom is -0.322 e. The fourth-order valence-corrected chi connectivity index (χ4v) is 3.57. The molecule has 0 aromatic heterocycles. The number of carbonyl (C=O) groups excluding carboxylic acids is 2. The molecule has 1 fully saturated rings. The molecule has 1 N–H and O–H groups in total. The summed E-state index contributed by atoms with van der Waals surface area (Å²) >= 11 is 0. The molecule has 2 aromatic rings. The number of carbonyl (C=O) groups is 2. The van der Waals surface area contributed by atoms with Crippen LogP contribution in [0.25, 0.3) is 0 Å². The summed E-state index contributed by atoms with van der Waals surface area (Å²) in [5, 5.41) is 2.97. The number of hydrogen-bond acceptors (Lipinski definition) is 2. The molecule has 1 aliphatic heterocycles. The molecule has 0 radical (unpaired) electrons. The van der Waals surface area contributed by atoms with E-state index >= 15 is 0 Å². The van der Waals surface area contributed by atoms with Crippen molar-refractivity contribution in [2.45, 2.75) is 33.1 Å². The molecule has 1 heterocycles. The first-order valence-electron chi connectivity index (χ1n) is 8.85. The number of fused-ring (bicyclic) bond motifs is 1. The van der Waals surface area contributed by atoms with E-state index in [1.54, 1.807) is 0 Å². The molecule has 25 heavy (non-hydrogen) atoms. The Bertz CT molecular complexity index is 848. The molecule has 2 amide bonds. The summed E-state index contributed by atoms with van der Waals surface area (Å²) in [4.78, 5) is 26.8. The van der Waals surface area contributed by atoms with Crippen LogP contribution in [0.1, 0.15) is 39.9 Å². The smallest absolute Gasteiger partial charge is 0.255 e. The van der Waals surface area contributed by atoms with Gasteiger partial charge in [0.2, 0.25) is 5.91 Å². The predicted octanol–water partition coefficient (Wildman–Crippen LogP) is 3.85. The Morgan fingerprint density at radius 2 is 1.76 bits per heavy atom. The van der Waals surface area contributed by atoms with Crippen molar-refractivity contribution in [1.82, 2.24) is 0 Å². The lowest BCUT2D eigenvalue weighted by Crippen LogP contribution is -2.30. The van der Waals surface area contributed by atoms with Gasteiger partial charge in [0.05, 0.1) is 0 Å². The van der Waals surface area contributed by atoms with Crippen molar-refractivity contribution in [3.05, 3.63) is 58.7 Å². The Balaban J connectivity index is 1.53. The summed E-state index contributed by atoms with van der Waals surface area (Å²) in [5.41, 5.74) is 5.76. The van der Waals surface area contributed by atoms with Crippen LogP contribution in [-0.4, -0.2) is 18.4 Å². The molecule has 0 unspecified atom stereocenters. The molecule has 0 atom stereocenters. The van der Waals surface area contributed by atoms with Gasteiger partial charge in [-0.25, -0.2) is 0 Å². The quantitative estimate of drug-likeness (QED) is 0.927. The zero-order valence-corrected chi connectivity index (χ0v) is 14.6. The molecule has 4 nitrogen and oxygen atoms in total. The van der Waals surface area contributed by atoms with Gasteiger partial charge in [-0.05, 0) is 80.1 Å². The minimum atomic E-state index is -0.111. The maximum Gasteiger partial charge on any atom is 0.255 e. The van der Waals surface area contributed by atoms with Gasteiger partial charge < -0.3 is 10.2 Å². The number of anilines is 2. The number of nitrogens with one attached hydrogen (secondary N) is 1. The van der Waals surface area contributed by atoms with Gasteiger partial charge in [0.25, 0.3) is 5.91 Å². The summed E-state index contributed by atoms with van der Waals surface area (Å²) in [6, 6.07) is 11.7. The van der Waals surface area contributed by atoms with Crippen molar-refractivity contribution in [2.75, 3.05) is 16.8 Å². The highest BCUT2D eigenvalue weighted by Gasteiger charge is 2.36. The van der Waals surface area contributed by atoms with E-state index in [1.165, 1.54) is 0 Å². The highest BCUT2D eigenvalue weighted by atomic mass is 16.2. The Morgan fingerprint density at radius 3 is 2.44 bits per heavy atom. The van der Waals surface area contributed by atoms with Crippen LogP contribution in [0.15, 0.2) is 36.4 Å². The molecule has 0 spiro atoms. The third-order valence-corrected chi connectivity index (χ3v) is 4.91. The Labute approximate surface area is 147 Å². The molecular weight excluding hydrogens is 312 g/mol. The van der Waals surface area contributed by atoms with E-state index in [1.807, 2.05) is 49.1 Å². The molecular formula is C21H22N2O2. The molecule has 1 aliphatic carbocycles. The van der Waals surface area contributed by atoms with Gasteiger partial charge >= 0.3 is 0 Å². The molecule has 0 saturated heterocycles. The Hall–Kier alpha value is -2.62. The van der Waals surface area contributed by atoms with E-state index in [9.17, 15) is 9.59 Å². The lowest BCUT2D eigenvalue weighted by atomic mass is 10.1. The van der Waals surface area contributed by atoms with Gasteiger partial charge in [-0.3, -0.25) is 9.59 Å². The van der Waals surface area contributed by atoms with Crippen LogP contribution in [0, 0.1) is 19.8 Å². The van der Waals surface area contributed by atoms with Crippen molar-refractivity contribution in [2.24, 2.45) is 5.92 Å². The zero-order valence-electron chi connectivity index (χ0n) is 14.6. The van der Waals surface area contributed by atoms with Gasteiger partial charge in [0.15, 0.2) is 0 Å². The lowest BCUT2D eigenvalue weighted by Gasteiger charge is -2.17. The summed E-state index contributed by atoms with van der Waals surface area (Å²) in [6.45, 7) is 4.76. The summed E-state index contributed by atoms with van der Waals surface area (Å²) in [7, 11) is 0. The minimum absolute atomic E-state index is 0.111. The van der Waals surface area contributed by atoms with Crippen LogP contribution in [0.2, 0.25) is 0 Å². The SMILES string of the molecule is Cc1cc(C)cc(NC(=O)c2ccc3c(c2)CCN3C(=O)C2CC2)c1. The van der Waals surface area contributed by atoms with Crippen LogP contribution >= 0.6 is 0 Å². The molecule has 1 saturated carbocycles. The first-order chi connectivity index (χ1) is 12.0. The molecule has 4 rings (SSSR count). The highest BCUT2D eigenvalue weighted by molar-refractivity contribution is 6.05. The fourth-order valence-electron chi connectivity index (χ4n) is 3.57. The van der Waals surface area contributed by atoms with Crippen LogP contribution in [0.4, 0.5) is 11.4 Å². The first kappa shape index (κ1) is 15.9. The van der Waals surface area contributed by atoms with E-state index < -0.39 is 0 Å². The molecule has 128 valence electrons. The average Bonchev–Trinajstić information content (AvgIpc) is 3.32. The maximum absolute atomic E-state index is 12.6. The van der Waals surface area contributed by atoms with Crippen molar-refractivity contribution in [3.8, 4) is 0 Å². The van der Waals surface area contributed by atoms with E-state index in [2.05, 4.69) is 11.4 Å². The second-order valence-electron chi connectivity index (χ2n) is 7.19. The predicted molar refractivity (Wildman–Crippen MR) is 99.1 cm³/mol. The van der Waals surface area contributed by atoms with Crippen LogP contribution in [0.3, 0.4) is 0 Å². The van der Waals surface area contributed by atoms with E-state index in [4.69, 9.17) is 0 Å². The van der Waals surface area contributed by atoms with Crippen LogP contribution in [-0.2, 0) is 11.2 Å². The normalized spacial score (nSPS) is 15.8. The third-order valence-electron chi connectivity index (χ3n) is 4.91. The number of aryl methyl sites for hydroxylation is 2. The number of rotatable bonds is 3. The average molecular weight is 334 g/mol. The molecule has 0 bridgehead atoms. The van der Waals surface area contributed by atoms with Crippen molar-refractivity contribution < 1.29 is 9.59 Å². The monoisotopic (exact) mass is 334 g/mol. The topological polar surface area (TPSA) is 49.4 Å². The van der Waals surface area contributed by atoms with Gasteiger partial charge in [0, 0.05) is 29.4 Å². The molecule has 4 heteroatoms. The van der Waals surface area contributed by atoms with Gasteiger partial charge in [-0.1, -0.05) is 6.07 Å². The van der Waals surface area contributed by atoms with Crippen molar-refractivity contribution >= 4 is 23.2 Å². The van der Waals surface area contributed by atoms with Crippen LogP contribution < -0.4 is 10.2 Å². The van der Waals surface area contributed by atoms with Crippen molar-refractivity contribution in [1.29, 1.82) is 0 Å². The standard InChI is InChI=1S/C21H22N2O2/c1-13-9-14(2)11-18(10-13)22-20(24)17-5-6-19-16(12-17)7-8-23(19)21(25)15-3-4-15/h5-6,9-12,15H,3-4,7-8H2,1-2H3,(H,22,24). The maximum atomic E-state index is 12.6. The second kappa shape index (κ2) is 6.03. The lowest BCUT2D eigenvalue weighted by molar-refractivity contribution is -0.119. The third kappa shape index (κ3) is 3.16. The van der Waals surface area contributed by atoms with Crippen LogP contribution in [0.5, 0.6) is 0 Å². The number of amides is 2. The highest BCUT2D eigenvalue weighted by Crippen LogP contribution is 2.36. The fraction of sp³-hybridized carbons (Fsp3) is 0.333. The molecule has 2 aromatic carbocycles. The summed E-state index contributed by atoms with van der Waals surface area (Å²) in [5.74, 6) is 0.351. The number of hydrogen-bond donors (Lipinski definition) is 1. The zero-order chi connectivity index (χ0) is 17.6. The molecule has 2 aliphatic rings. The Morgan fingerprint density at radius 1 is 1.04 bits per heavy atom. The van der Waals surface area contributed by atoms with E-state index in [0.717, 1.165) is 53.9 Å². The number of benzene rings is 2. The number of nitrogens with zero attached hydrogens (tertiary/aromatic N) is 1. The summed E-state index contributed by atoms with van der Waals surface area (Å²) in [6.07, 6.45) is 2.85. The van der Waals surface area contributed by atoms with E-state index in [-0.39, 0.29) is 17.7 Å². The van der Waals surface area contributed by atoms with Crippen molar-refractivity contribution in [3.63, 3.8) is 0 Å². The van der Waals surface area contributed by atoms with Gasteiger partial charge in [0.1, 0.15) is 0 Å². The largest absolute Gasteiger partial charge is 0.322 e. The first-order valence-corrected chi connectivity index (χ1v) is 8.85. The Kier molecular flexibility index (Phi) is 3.83. The van der Waals surface area contributed by atoms with Gasteiger partial charge in [-0.15, -0.1) is 0 Å². The van der Waals surface area contributed by atoms with Gasteiger partial charge in [-0.2, -0.15) is 0 Å². The van der Waals surface area contributed by atoms with E-state index in [0.29, 0.717) is 5.56 Å².